The minimum absolute atomic E-state index is 0.472. The number of rotatable bonds is 2. The third-order valence-electron chi connectivity index (χ3n) is 0.743. The quantitative estimate of drug-likeness (QED) is 0.462. The lowest BCUT2D eigenvalue weighted by molar-refractivity contribution is 1.04. The molecule has 2 nitrogen and oxygen atoms in total. The molecule has 0 aromatic rings. The van der Waals surface area contributed by atoms with Gasteiger partial charge in [0.2, 0.25) is 0 Å². The van der Waals surface area contributed by atoms with Gasteiger partial charge in [-0.05, 0) is 5.57 Å². The van der Waals surface area contributed by atoms with Crippen LogP contribution >= 0.6 is 0 Å². The molecule has 0 saturated heterocycles. The van der Waals surface area contributed by atoms with Crippen LogP contribution in [-0.4, -0.2) is 13.1 Å². The summed E-state index contributed by atoms with van der Waals surface area (Å²) >= 11 is 0. The number of hydrogen-bond donors (Lipinski definition) is 2. The van der Waals surface area contributed by atoms with Gasteiger partial charge in [-0.3, -0.25) is 0 Å². The van der Waals surface area contributed by atoms with Gasteiger partial charge in [0.15, 0.2) is 0 Å². The fourth-order valence-electron chi connectivity index (χ4n) is 0.228. The lowest BCUT2D eigenvalue weighted by atomic mass is 10.3. The Bertz CT molecular complexity index is 84.3. The highest BCUT2D eigenvalue weighted by molar-refractivity contribution is 5.01. The van der Waals surface area contributed by atoms with Gasteiger partial charge < -0.3 is 11.5 Å². The van der Waals surface area contributed by atoms with Crippen molar-refractivity contribution < 1.29 is 0 Å². The van der Waals surface area contributed by atoms with Gasteiger partial charge in [-0.25, -0.2) is 0 Å². The molecule has 4 N–H and O–H groups in total. The van der Waals surface area contributed by atoms with E-state index >= 15 is 0 Å². The summed E-state index contributed by atoms with van der Waals surface area (Å²) in [5.74, 6) is 0. The molecule has 40 valence electrons. The summed E-state index contributed by atoms with van der Waals surface area (Å²) in [7, 11) is 0. The maximum atomic E-state index is 5.17. The van der Waals surface area contributed by atoms with Crippen LogP contribution in [0.4, 0.5) is 0 Å². The first-order valence-electron chi connectivity index (χ1n) is 2.13. The Morgan fingerprint density at radius 2 is 1.86 bits per heavy atom. The van der Waals surface area contributed by atoms with Crippen molar-refractivity contribution in [3.63, 3.8) is 0 Å². The Labute approximate surface area is 43.5 Å². The molecule has 7 heavy (non-hydrogen) atoms. The van der Waals surface area contributed by atoms with Crippen LogP contribution in [0, 0.1) is 0 Å². The predicted octanol–water partition coefficient (Wildman–Crippen LogP) is -0.385. The van der Waals surface area contributed by atoms with Gasteiger partial charge >= 0.3 is 0 Å². The Morgan fingerprint density at radius 1 is 1.43 bits per heavy atom. The van der Waals surface area contributed by atoms with E-state index in [-0.39, 0.29) is 0 Å². The lowest BCUT2D eigenvalue weighted by Gasteiger charge is -1.90. The van der Waals surface area contributed by atoms with E-state index in [1.807, 2.05) is 0 Å². The van der Waals surface area contributed by atoms with E-state index in [2.05, 4.69) is 12.3 Å². The predicted molar refractivity (Wildman–Crippen MR) is 30.8 cm³/mol. The Hall–Kier alpha value is -0.560. The average molecular weight is 98.1 g/mol. The average Bonchev–Trinajstić information content (AvgIpc) is 1.72. The second-order valence-corrected chi connectivity index (χ2v) is 1.19. The van der Waals surface area contributed by atoms with Gasteiger partial charge in [0.1, 0.15) is 0 Å². The first-order valence-corrected chi connectivity index (χ1v) is 2.13. The van der Waals surface area contributed by atoms with E-state index < -0.39 is 0 Å². The standard InChI is InChI=1S/C5H10N2/c1-2-5(3-6)4-7/h1,3-4,6-7H2. The summed E-state index contributed by atoms with van der Waals surface area (Å²) in [4.78, 5) is 0. The third-order valence-corrected chi connectivity index (χ3v) is 0.743. The molecule has 0 spiro atoms. The second-order valence-electron chi connectivity index (χ2n) is 1.19. The van der Waals surface area contributed by atoms with E-state index in [9.17, 15) is 0 Å². The van der Waals surface area contributed by atoms with E-state index in [1.54, 1.807) is 0 Å². The molecule has 0 heterocycles. The fraction of sp³-hybridized carbons (Fsp3) is 0.400. The lowest BCUT2D eigenvalue weighted by Crippen LogP contribution is -2.11. The van der Waals surface area contributed by atoms with Gasteiger partial charge in [0.25, 0.3) is 0 Å². The zero-order chi connectivity index (χ0) is 5.70. The van der Waals surface area contributed by atoms with E-state index in [4.69, 9.17) is 11.5 Å². The van der Waals surface area contributed by atoms with Crippen molar-refractivity contribution in [1.29, 1.82) is 0 Å². The summed E-state index contributed by atoms with van der Waals surface area (Å²) in [6.45, 7) is 4.33. The minimum atomic E-state index is 0.472. The van der Waals surface area contributed by atoms with Crippen molar-refractivity contribution in [1.82, 2.24) is 0 Å². The monoisotopic (exact) mass is 98.1 g/mol. The van der Waals surface area contributed by atoms with Crippen molar-refractivity contribution >= 4 is 0 Å². The molecule has 0 aliphatic carbocycles. The SMILES string of the molecule is C=C=C(CN)CN. The molecule has 0 unspecified atom stereocenters. The minimum Gasteiger partial charge on any atom is -0.326 e. The molecule has 0 aliphatic rings. The maximum Gasteiger partial charge on any atom is 0.0226 e. The molecular formula is C5H10N2. The molecule has 0 aliphatic heterocycles. The molecule has 2 heteroatoms. The highest BCUT2D eigenvalue weighted by Crippen LogP contribution is 1.78. The third kappa shape index (κ3) is 2.18. The van der Waals surface area contributed by atoms with Crippen LogP contribution in [0.15, 0.2) is 17.9 Å². The zero-order valence-electron chi connectivity index (χ0n) is 4.28. The van der Waals surface area contributed by atoms with Crippen molar-refractivity contribution in [3.05, 3.63) is 17.9 Å². The second kappa shape index (κ2) is 3.62. The normalized spacial score (nSPS) is 7.71. The number of nitrogens with two attached hydrogens (primary N) is 2. The van der Waals surface area contributed by atoms with Crippen molar-refractivity contribution in [2.45, 2.75) is 0 Å². The van der Waals surface area contributed by atoms with Crippen molar-refractivity contribution in [3.8, 4) is 0 Å². The molecule has 0 bridgehead atoms. The summed E-state index contributed by atoms with van der Waals surface area (Å²) < 4.78 is 0. The molecular weight excluding hydrogens is 88.1 g/mol. The fourth-order valence-corrected chi connectivity index (χ4v) is 0.228. The van der Waals surface area contributed by atoms with Crippen LogP contribution in [0.5, 0.6) is 0 Å². The largest absolute Gasteiger partial charge is 0.326 e. The molecule has 0 amide bonds. The summed E-state index contributed by atoms with van der Waals surface area (Å²) in [6, 6.07) is 0. The topological polar surface area (TPSA) is 52.0 Å². The molecule has 0 atom stereocenters. The molecule has 0 rings (SSSR count). The zero-order valence-corrected chi connectivity index (χ0v) is 4.28. The van der Waals surface area contributed by atoms with Crippen molar-refractivity contribution in [2.75, 3.05) is 13.1 Å². The van der Waals surface area contributed by atoms with Crippen molar-refractivity contribution in [2.24, 2.45) is 11.5 Å². The van der Waals surface area contributed by atoms with Crippen LogP contribution in [0.1, 0.15) is 0 Å². The summed E-state index contributed by atoms with van der Waals surface area (Å²) in [5.41, 5.74) is 13.8. The van der Waals surface area contributed by atoms with E-state index in [0.29, 0.717) is 13.1 Å². The Morgan fingerprint density at radius 3 is 1.86 bits per heavy atom. The van der Waals surface area contributed by atoms with Crippen LogP contribution in [0.3, 0.4) is 0 Å². The highest BCUT2D eigenvalue weighted by Gasteiger charge is 1.81. The summed E-state index contributed by atoms with van der Waals surface area (Å²) in [6.07, 6.45) is 0. The number of hydrogen-bond acceptors (Lipinski definition) is 2. The molecule has 0 radical (unpaired) electrons. The Balaban J connectivity index is 3.61. The maximum absolute atomic E-state index is 5.17. The van der Waals surface area contributed by atoms with Gasteiger partial charge in [-0.1, -0.05) is 6.58 Å². The first kappa shape index (κ1) is 6.44. The summed E-state index contributed by atoms with van der Waals surface area (Å²) in [5, 5.41) is 0. The van der Waals surface area contributed by atoms with Crippen LogP contribution in [-0.2, 0) is 0 Å². The van der Waals surface area contributed by atoms with Gasteiger partial charge in [0.05, 0.1) is 0 Å². The van der Waals surface area contributed by atoms with E-state index in [0.717, 1.165) is 5.57 Å². The van der Waals surface area contributed by atoms with Crippen LogP contribution in [0.25, 0.3) is 0 Å². The smallest absolute Gasteiger partial charge is 0.0226 e. The molecule has 0 saturated carbocycles. The molecule has 0 aromatic carbocycles. The Kier molecular flexibility index (Phi) is 3.33. The molecule has 0 fully saturated rings. The van der Waals surface area contributed by atoms with Crippen LogP contribution in [0.2, 0.25) is 0 Å². The first-order chi connectivity index (χ1) is 3.35. The van der Waals surface area contributed by atoms with Gasteiger partial charge in [0, 0.05) is 13.1 Å². The van der Waals surface area contributed by atoms with E-state index in [1.165, 1.54) is 0 Å². The van der Waals surface area contributed by atoms with Gasteiger partial charge in [-0.15, -0.1) is 5.73 Å². The highest BCUT2D eigenvalue weighted by atomic mass is 14.6. The molecule has 0 aromatic heterocycles. The van der Waals surface area contributed by atoms with Gasteiger partial charge in [-0.2, -0.15) is 0 Å². The van der Waals surface area contributed by atoms with Crippen LogP contribution < -0.4 is 11.5 Å².